The van der Waals surface area contributed by atoms with Crippen molar-refractivity contribution in [3.05, 3.63) is 35.4 Å². The average Bonchev–Trinajstić information content (AvgIpc) is 2.72. The van der Waals surface area contributed by atoms with Gasteiger partial charge in [-0.1, -0.05) is 24.3 Å². The lowest BCUT2D eigenvalue weighted by atomic mass is 10.1. The second-order valence-electron chi connectivity index (χ2n) is 4.47. The first kappa shape index (κ1) is 11.1. The van der Waals surface area contributed by atoms with Crippen molar-refractivity contribution in [2.75, 3.05) is 6.61 Å². The normalized spacial score (nSPS) is 16.9. The number of nitrogens with one attached hydrogen (secondary N) is 1. The standard InChI is InChI=1S/C13H17NO2/c1-9(8-15)14-13(16)12-6-10-4-2-3-5-11(10)7-12/h2-5,9,12,15H,6-8H2,1H3,(H,14,16)/t9-/m1/s1. The lowest BCUT2D eigenvalue weighted by molar-refractivity contribution is -0.125. The maximum absolute atomic E-state index is 11.9. The molecule has 2 N–H and O–H groups in total. The molecule has 0 heterocycles. The van der Waals surface area contributed by atoms with Crippen LogP contribution in [0.5, 0.6) is 0 Å². The summed E-state index contributed by atoms with van der Waals surface area (Å²) in [7, 11) is 0. The summed E-state index contributed by atoms with van der Waals surface area (Å²) in [6.07, 6.45) is 1.64. The Bertz CT molecular complexity index is 364. The van der Waals surface area contributed by atoms with E-state index in [0.29, 0.717) is 0 Å². The fourth-order valence-corrected chi connectivity index (χ4v) is 2.15. The van der Waals surface area contributed by atoms with Crippen LogP contribution in [0.25, 0.3) is 0 Å². The Labute approximate surface area is 95.5 Å². The molecule has 0 radical (unpaired) electrons. The van der Waals surface area contributed by atoms with E-state index >= 15 is 0 Å². The highest BCUT2D eigenvalue weighted by atomic mass is 16.3. The molecule has 2 rings (SSSR count). The topological polar surface area (TPSA) is 49.3 Å². The first-order chi connectivity index (χ1) is 7.70. The molecule has 1 aliphatic carbocycles. The minimum absolute atomic E-state index is 0.00852. The van der Waals surface area contributed by atoms with E-state index in [-0.39, 0.29) is 24.5 Å². The molecule has 0 aliphatic heterocycles. The van der Waals surface area contributed by atoms with Gasteiger partial charge in [0.1, 0.15) is 0 Å². The van der Waals surface area contributed by atoms with Gasteiger partial charge in [-0.3, -0.25) is 4.79 Å². The van der Waals surface area contributed by atoms with E-state index in [1.54, 1.807) is 6.92 Å². The van der Waals surface area contributed by atoms with E-state index in [0.717, 1.165) is 12.8 Å². The lowest BCUT2D eigenvalue weighted by Gasteiger charge is -2.14. The van der Waals surface area contributed by atoms with Crippen molar-refractivity contribution in [2.24, 2.45) is 5.92 Å². The van der Waals surface area contributed by atoms with E-state index in [4.69, 9.17) is 5.11 Å². The van der Waals surface area contributed by atoms with E-state index < -0.39 is 0 Å². The minimum atomic E-state index is -0.156. The fourth-order valence-electron chi connectivity index (χ4n) is 2.15. The molecule has 1 atom stereocenters. The molecule has 0 aromatic heterocycles. The molecule has 86 valence electrons. The molecule has 0 fully saturated rings. The smallest absolute Gasteiger partial charge is 0.224 e. The average molecular weight is 219 g/mol. The zero-order valence-corrected chi connectivity index (χ0v) is 9.44. The highest BCUT2D eigenvalue weighted by Gasteiger charge is 2.27. The zero-order valence-electron chi connectivity index (χ0n) is 9.44. The number of carbonyl (C=O) groups is 1. The van der Waals surface area contributed by atoms with Gasteiger partial charge in [-0.15, -0.1) is 0 Å². The van der Waals surface area contributed by atoms with Crippen molar-refractivity contribution in [1.29, 1.82) is 0 Å². The number of hydrogen-bond acceptors (Lipinski definition) is 2. The van der Waals surface area contributed by atoms with E-state index in [1.807, 2.05) is 12.1 Å². The molecule has 0 spiro atoms. The van der Waals surface area contributed by atoms with Crippen LogP contribution in [0.1, 0.15) is 18.1 Å². The Hall–Kier alpha value is -1.35. The van der Waals surface area contributed by atoms with Crippen molar-refractivity contribution in [3.8, 4) is 0 Å². The van der Waals surface area contributed by atoms with Crippen LogP contribution < -0.4 is 5.32 Å². The number of rotatable bonds is 3. The predicted molar refractivity (Wildman–Crippen MR) is 62.0 cm³/mol. The quantitative estimate of drug-likeness (QED) is 0.793. The summed E-state index contributed by atoms with van der Waals surface area (Å²) in [5, 5.41) is 11.7. The lowest BCUT2D eigenvalue weighted by Crippen LogP contribution is -2.39. The molecule has 3 nitrogen and oxygen atoms in total. The van der Waals surface area contributed by atoms with Crippen LogP contribution >= 0.6 is 0 Å². The van der Waals surface area contributed by atoms with Crippen molar-refractivity contribution in [3.63, 3.8) is 0 Å². The largest absolute Gasteiger partial charge is 0.394 e. The molecule has 0 saturated heterocycles. The van der Waals surface area contributed by atoms with Crippen molar-refractivity contribution in [1.82, 2.24) is 5.32 Å². The molecular formula is C13H17NO2. The summed E-state index contributed by atoms with van der Waals surface area (Å²) < 4.78 is 0. The van der Waals surface area contributed by atoms with Gasteiger partial charge in [0.25, 0.3) is 0 Å². The summed E-state index contributed by atoms with van der Waals surface area (Å²) >= 11 is 0. The van der Waals surface area contributed by atoms with Gasteiger partial charge in [0.05, 0.1) is 6.61 Å². The SMILES string of the molecule is C[C@H](CO)NC(=O)C1Cc2ccccc2C1. The van der Waals surface area contributed by atoms with Crippen LogP contribution in [0.4, 0.5) is 0 Å². The summed E-state index contributed by atoms with van der Waals surface area (Å²) in [6.45, 7) is 1.80. The molecule has 16 heavy (non-hydrogen) atoms. The zero-order chi connectivity index (χ0) is 11.5. The van der Waals surface area contributed by atoms with Gasteiger partial charge in [-0.05, 0) is 30.9 Å². The molecule has 1 aromatic carbocycles. The molecular weight excluding hydrogens is 202 g/mol. The number of fused-ring (bicyclic) bond motifs is 1. The van der Waals surface area contributed by atoms with Crippen LogP contribution in [-0.2, 0) is 17.6 Å². The van der Waals surface area contributed by atoms with Gasteiger partial charge in [0, 0.05) is 12.0 Å². The Balaban J connectivity index is 1.98. The Kier molecular flexibility index (Phi) is 3.25. The molecule has 1 aromatic rings. The third-order valence-corrected chi connectivity index (χ3v) is 3.08. The molecule has 0 saturated carbocycles. The Morgan fingerprint density at radius 2 is 2.00 bits per heavy atom. The summed E-state index contributed by atoms with van der Waals surface area (Å²) in [5.41, 5.74) is 2.55. The first-order valence-corrected chi connectivity index (χ1v) is 5.68. The van der Waals surface area contributed by atoms with Crippen LogP contribution in [0, 0.1) is 5.92 Å². The van der Waals surface area contributed by atoms with Crippen LogP contribution in [0.2, 0.25) is 0 Å². The van der Waals surface area contributed by atoms with Gasteiger partial charge in [-0.25, -0.2) is 0 Å². The third-order valence-electron chi connectivity index (χ3n) is 3.08. The van der Waals surface area contributed by atoms with Gasteiger partial charge >= 0.3 is 0 Å². The van der Waals surface area contributed by atoms with E-state index in [1.165, 1.54) is 11.1 Å². The van der Waals surface area contributed by atoms with Crippen molar-refractivity contribution < 1.29 is 9.90 Å². The van der Waals surface area contributed by atoms with Crippen LogP contribution in [0.3, 0.4) is 0 Å². The highest BCUT2D eigenvalue weighted by Crippen LogP contribution is 2.26. The maximum Gasteiger partial charge on any atom is 0.224 e. The molecule has 1 aliphatic rings. The van der Waals surface area contributed by atoms with Crippen molar-refractivity contribution in [2.45, 2.75) is 25.8 Å². The van der Waals surface area contributed by atoms with E-state index in [2.05, 4.69) is 17.4 Å². The maximum atomic E-state index is 11.9. The second kappa shape index (κ2) is 4.66. The Morgan fingerprint density at radius 1 is 1.44 bits per heavy atom. The van der Waals surface area contributed by atoms with Crippen LogP contribution in [0.15, 0.2) is 24.3 Å². The van der Waals surface area contributed by atoms with Gasteiger partial charge in [-0.2, -0.15) is 0 Å². The third kappa shape index (κ3) is 2.25. The number of benzene rings is 1. The van der Waals surface area contributed by atoms with Crippen LogP contribution in [-0.4, -0.2) is 23.7 Å². The van der Waals surface area contributed by atoms with Crippen molar-refractivity contribution >= 4 is 5.91 Å². The van der Waals surface area contributed by atoms with E-state index in [9.17, 15) is 4.79 Å². The number of amides is 1. The molecule has 0 bridgehead atoms. The van der Waals surface area contributed by atoms with Gasteiger partial charge in [0.2, 0.25) is 5.91 Å². The minimum Gasteiger partial charge on any atom is -0.394 e. The molecule has 0 unspecified atom stereocenters. The fraction of sp³-hybridized carbons (Fsp3) is 0.462. The number of carbonyl (C=O) groups excluding carboxylic acids is 1. The summed E-state index contributed by atoms with van der Waals surface area (Å²) in [5.74, 6) is 0.0872. The van der Waals surface area contributed by atoms with Gasteiger partial charge in [0.15, 0.2) is 0 Å². The Morgan fingerprint density at radius 3 is 2.50 bits per heavy atom. The van der Waals surface area contributed by atoms with Gasteiger partial charge < -0.3 is 10.4 Å². The second-order valence-corrected chi connectivity index (χ2v) is 4.47. The monoisotopic (exact) mass is 219 g/mol. The number of aliphatic hydroxyl groups is 1. The number of hydrogen-bond donors (Lipinski definition) is 2. The predicted octanol–water partition coefficient (Wildman–Crippen LogP) is 0.898. The number of aliphatic hydroxyl groups excluding tert-OH is 1. The molecule has 1 amide bonds. The highest BCUT2D eigenvalue weighted by molar-refractivity contribution is 5.80. The summed E-state index contributed by atoms with van der Waals surface area (Å²) in [6, 6.07) is 8.03. The molecule has 3 heteroatoms. The summed E-state index contributed by atoms with van der Waals surface area (Å²) in [4.78, 5) is 11.9. The first-order valence-electron chi connectivity index (χ1n) is 5.68.